The highest BCUT2D eigenvalue weighted by atomic mass is 16.5. The fourth-order valence-electron chi connectivity index (χ4n) is 3.84. The zero-order valence-electron chi connectivity index (χ0n) is 16.4. The fourth-order valence-corrected chi connectivity index (χ4v) is 3.84. The predicted octanol–water partition coefficient (Wildman–Crippen LogP) is 3.04. The number of imidazole rings is 1. The average Bonchev–Trinajstić information content (AvgIpc) is 3.34. The number of carbonyl (C=O) groups is 2. The Balaban J connectivity index is 1.29. The summed E-state index contributed by atoms with van der Waals surface area (Å²) in [5, 5.41) is 2.55. The van der Waals surface area contributed by atoms with Crippen LogP contribution in [0.25, 0.3) is 11.0 Å². The number of nitrogens with zero attached hydrogens (tertiary/aromatic N) is 3. The second-order valence-corrected chi connectivity index (χ2v) is 7.22. The highest BCUT2D eigenvalue weighted by Crippen LogP contribution is 2.27. The van der Waals surface area contributed by atoms with Gasteiger partial charge in [-0.2, -0.15) is 0 Å². The molecule has 0 unspecified atom stereocenters. The van der Waals surface area contributed by atoms with Crippen LogP contribution in [0.5, 0.6) is 0 Å². The van der Waals surface area contributed by atoms with Gasteiger partial charge in [-0.3, -0.25) is 4.79 Å². The first-order valence-electron chi connectivity index (χ1n) is 9.77. The first-order valence-corrected chi connectivity index (χ1v) is 9.77. The third-order valence-corrected chi connectivity index (χ3v) is 5.25. The first kappa shape index (κ1) is 19.0. The van der Waals surface area contributed by atoms with Gasteiger partial charge in [0.1, 0.15) is 19.0 Å². The van der Waals surface area contributed by atoms with Crippen LogP contribution in [0.2, 0.25) is 0 Å². The molecule has 4 rings (SSSR count). The molecule has 1 aromatic heterocycles. The summed E-state index contributed by atoms with van der Waals surface area (Å²) in [6.07, 6.45) is 0.278. The second kappa shape index (κ2) is 8.34. The Morgan fingerprint density at radius 2 is 1.90 bits per heavy atom. The van der Waals surface area contributed by atoms with Crippen LogP contribution >= 0.6 is 0 Å². The Hall–Kier alpha value is -3.35. The number of hydrogen-bond donors (Lipinski definition) is 1. The lowest BCUT2D eigenvalue weighted by Crippen LogP contribution is -2.39. The van der Waals surface area contributed by atoms with Gasteiger partial charge in [0.25, 0.3) is 0 Å². The van der Waals surface area contributed by atoms with Gasteiger partial charge < -0.3 is 19.5 Å². The number of hydrogen-bond acceptors (Lipinski definition) is 4. The molecule has 2 heterocycles. The smallest absolute Gasteiger partial charge is 0.407 e. The Bertz CT molecular complexity index is 1020. The van der Waals surface area contributed by atoms with Crippen molar-refractivity contribution >= 4 is 23.0 Å². The summed E-state index contributed by atoms with van der Waals surface area (Å²) in [6.45, 7) is 3.38. The summed E-state index contributed by atoms with van der Waals surface area (Å²) in [6, 6.07) is 17.7. The number of aromatic nitrogens is 2. The van der Waals surface area contributed by atoms with Gasteiger partial charge in [-0.25, -0.2) is 9.78 Å². The maximum Gasteiger partial charge on any atom is 0.407 e. The normalized spacial score (nSPS) is 16.2. The minimum Gasteiger partial charge on any atom is -0.445 e. The van der Waals surface area contributed by atoms with E-state index >= 15 is 0 Å². The van der Waals surface area contributed by atoms with Crippen LogP contribution in [0.15, 0.2) is 54.6 Å². The van der Waals surface area contributed by atoms with E-state index in [0.717, 1.165) is 28.8 Å². The lowest BCUT2D eigenvalue weighted by molar-refractivity contribution is -0.129. The van der Waals surface area contributed by atoms with E-state index in [0.29, 0.717) is 13.1 Å². The highest BCUT2D eigenvalue weighted by Gasteiger charge is 2.29. The van der Waals surface area contributed by atoms with Gasteiger partial charge in [0.15, 0.2) is 0 Å². The number of amides is 2. The van der Waals surface area contributed by atoms with E-state index < -0.39 is 6.09 Å². The zero-order chi connectivity index (χ0) is 20.2. The molecule has 0 radical (unpaired) electrons. The number of nitrogens with one attached hydrogen (secondary N) is 1. The lowest BCUT2D eigenvalue weighted by atomic mass is 10.2. The van der Waals surface area contributed by atoms with Crippen LogP contribution in [0, 0.1) is 6.92 Å². The van der Waals surface area contributed by atoms with E-state index in [2.05, 4.69) is 20.9 Å². The SMILES string of the molecule is Cc1nc2ccccc2n1[C@H]1CCN(C(=O)CNC(=O)OCc2ccccc2)C1. The zero-order valence-corrected chi connectivity index (χ0v) is 16.4. The molecule has 1 N–H and O–H groups in total. The number of carbonyl (C=O) groups excluding carboxylic acids is 2. The van der Waals surface area contributed by atoms with Crippen molar-refractivity contribution in [2.24, 2.45) is 0 Å². The summed E-state index contributed by atoms with van der Waals surface area (Å²) in [4.78, 5) is 30.8. The first-order chi connectivity index (χ1) is 14.1. The van der Waals surface area contributed by atoms with Crippen molar-refractivity contribution in [3.05, 3.63) is 66.0 Å². The molecule has 3 aromatic rings. The maximum absolute atomic E-state index is 12.5. The molecule has 1 aliphatic rings. The van der Waals surface area contributed by atoms with E-state index in [1.807, 2.05) is 55.5 Å². The molecule has 7 heteroatoms. The average molecular weight is 392 g/mol. The fraction of sp³-hybridized carbons (Fsp3) is 0.318. The van der Waals surface area contributed by atoms with Crippen LogP contribution in [0.4, 0.5) is 4.79 Å². The van der Waals surface area contributed by atoms with Crippen molar-refractivity contribution in [1.82, 2.24) is 19.8 Å². The third-order valence-electron chi connectivity index (χ3n) is 5.25. The summed E-state index contributed by atoms with van der Waals surface area (Å²) in [7, 11) is 0. The molecule has 1 atom stereocenters. The Labute approximate surface area is 169 Å². The summed E-state index contributed by atoms with van der Waals surface area (Å²) in [5.74, 6) is 0.847. The van der Waals surface area contributed by atoms with Crippen LogP contribution in [-0.2, 0) is 16.1 Å². The van der Waals surface area contributed by atoms with Crippen molar-refractivity contribution in [2.45, 2.75) is 26.0 Å². The molecule has 1 fully saturated rings. The Morgan fingerprint density at radius 1 is 1.14 bits per heavy atom. The molecule has 29 heavy (non-hydrogen) atoms. The maximum atomic E-state index is 12.5. The summed E-state index contributed by atoms with van der Waals surface area (Å²) in [5.41, 5.74) is 2.96. The molecule has 0 spiro atoms. The molecule has 7 nitrogen and oxygen atoms in total. The lowest BCUT2D eigenvalue weighted by Gasteiger charge is -2.18. The molecular formula is C22H24N4O3. The molecule has 1 saturated heterocycles. The van der Waals surface area contributed by atoms with E-state index in [-0.39, 0.29) is 25.1 Å². The second-order valence-electron chi connectivity index (χ2n) is 7.22. The largest absolute Gasteiger partial charge is 0.445 e. The molecule has 0 saturated carbocycles. The van der Waals surface area contributed by atoms with Crippen molar-refractivity contribution in [3.8, 4) is 0 Å². The van der Waals surface area contributed by atoms with Crippen molar-refractivity contribution in [1.29, 1.82) is 0 Å². The monoisotopic (exact) mass is 392 g/mol. The number of fused-ring (bicyclic) bond motifs is 1. The quantitative estimate of drug-likeness (QED) is 0.724. The number of ether oxygens (including phenoxy) is 1. The van der Waals surface area contributed by atoms with Crippen LogP contribution in [0.3, 0.4) is 0 Å². The van der Waals surface area contributed by atoms with Gasteiger partial charge in [-0.1, -0.05) is 42.5 Å². The number of para-hydroxylation sites is 2. The molecule has 0 aliphatic carbocycles. The van der Waals surface area contributed by atoms with Gasteiger partial charge in [-0.05, 0) is 31.0 Å². The van der Waals surface area contributed by atoms with Gasteiger partial charge in [0.2, 0.25) is 5.91 Å². The molecule has 1 aliphatic heterocycles. The molecule has 150 valence electrons. The van der Waals surface area contributed by atoms with Crippen LogP contribution < -0.4 is 5.32 Å². The molecule has 0 bridgehead atoms. The van der Waals surface area contributed by atoms with Crippen LogP contribution in [0.1, 0.15) is 23.9 Å². The minimum atomic E-state index is -0.589. The van der Waals surface area contributed by atoms with Gasteiger partial charge in [0, 0.05) is 13.1 Å². The molecular weight excluding hydrogens is 368 g/mol. The van der Waals surface area contributed by atoms with E-state index in [1.54, 1.807) is 4.90 Å². The van der Waals surface area contributed by atoms with Gasteiger partial charge in [-0.15, -0.1) is 0 Å². The van der Waals surface area contributed by atoms with E-state index in [1.165, 1.54) is 0 Å². The van der Waals surface area contributed by atoms with E-state index in [9.17, 15) is 9.59 Å². The van der Waals surface area contributed by atoms with Crippen molar-refractivity contribution < 1.29 is 14.3 Å². The van der Waals surface area contributed by atoms with Crippen LogP contribution in [-0.4, -0.2) is 46.1 Å². The summed E-state index contributed by atoms with van der Waals surface area (Å²) < 4.78 is 7.36. The number of aryl methyl sites for hydroxylation is 1. The van der Waals surface area contributed by atoms with Crippen molar-refractivity contribution in [2.75, 3.05) is 19.6 Å². The molecule has 2 amide bonds. The van der Waals surface area contributed by atoms with E-state index in [4.69, 9.17) is 4.74 Å². The Kier molecular flexibility index (Phi) is 5.46. The predicted molar refractivity (Wildman–Crippen MR) is 109 cm³/mol. The topological polar surface area (TPSA) is 76.5 Å². The molecule has 2 aromatic carbocycles. The summed E-state index contributed by atoms with van der Waals surface area (Å²) >= 11 is 0. The van der Waals surface area contributed by atoms with Crippen molar-refractivity contribution in [3.63, 3.8) is 0 Å². The minimum absolute atomic E-state index is 0.0655. The Morgan fingerprint density at radius 3 is 2.72 bits per heavy atom. The third kappa shape index (κ3) is 4.23. The number of benzene rings is 2. The van der Waals surface area contributed by atoms with Gasteiger partial charge >= 0.3 is 6.09 Å². The number of rotatable bonds is 5. The highest BCUT2D eigenvalue weighted by molar-refractivity contribution is 5.82. The standard InChI is InChI=1S/C22H24N4O3/c1-16-24-19-9-5-6-10-20(19)26(16)18-11-12-25(14-18)21(27)13-23-22(28)29-15-17-7-3-2-4-8-17/h2-10,18H,11-15H2,1H3,(H,23,28)/t18-/m0/s1. The number of alkyl carbamates (subject to hydrolysis) is 1. The van der Waals surface area contributed by atoms with Gasteiger partial charge in [0.05, 0.1) is 17.1 Å². The number of likely N-dealkylation sites (tertiary alicyclic amines) is 1.